The van der Waals surface area contributed by atoms with E-state index in [1.165, 1.54) is 5.56 Å². The lowest BCUT2D eigenvalue weighted by Gasteiger charge is -2.32. The zero-order chi connectivity index (χ0) is 12.7. The lowest BCUT2D eigenvalue weighted by atomic mass is 9.78. The molecule has 0 N–H and O–H groups in total. The summed E-state index contributed by atoms with van der Waals surface area (Å²) in [7, 11) is -0.236. The van der Waals surface area contributed by atoms with Crippen molar-refractivity contribution in [3.05, 3.63) is 27.9 Å². The molecule has 0 unspecified atom stereocenters. The average molecular weight is 250 g/mol. The second-order valence-electron chi connectivity index (χ2n) is 5.53. The third kappa shape index (κ3) is 2.49. The zero-order valence-corrected chi connectivity index (χ0v) is 11.9. The Hall–Kier alpha value is -0.575. The summed E-state index contributed by atoms with van der Waals surface area (Å²) >= 11 is 1.70. The first-order valence-electron chi connectivity index (χ1n) is 5.88. The molecule has 0 amide bonds. The van der Waals surface area contributed by atoms with E-state index in [2.05, 4.69) is 57.5 Å². The molecule has 0 aliphatic carbocycles. The van der Waals surface area contributed by atoms with Crippen LogP contribution in [-0.2, 0) is 9.31 Å². The van der Waals surface area contributed by atoms with Gasteiger partial charge in [-0.25, -0.2) is 0 Å². The molecule has 2 nitrogen and oxygen atoms in total. The molecule has 1 aromatic rings. The molecule has 0 radical (unpaired) electrons. The number of thiophene rings is 1. The fourth-order valence-corrected chi connectivity index (χ4v) is 2.34. The summed E-state index contributed by atoms with van der Waals surface area (Å²) in [6.07, 6.45) is 2.12. The molecule has 0 aromatic carbocycles. The zero-order valence-electron chi connectivity index (χ0n) is 11.1. The van der Waals surface area contributed by atoms with Crippen molar-refractivity contribution in [2.24, 2.45) is 0 Å². The second kappa shape index (κ2) is 4.27. The monoisotopic (exact) mass is 250 g/mol. The van der Waals surface area contributed by atoms with Crippen molar-refractivity contribution in [3.63, 3.8) is 0 Å². The van der Waals surface area contributed by atoms with E-state index < -0.39 is 0 Å². The third-order valence-electron chi connectivity index (χ3n) is 3.56. The van der Waals surface area contributed by atoms with Gasteiger partial charge in [0.2, 0.25) is 0 Å². The number of hydrogen-bond acceptors (Lipinski definition) is 3. The average Bonchev–Trinajstić information content (AvgIpc) is 2.74. The van der Waals surface area contributed by atoms with Gasteiger partial charge in [0.25, 0.3) is 0 Å². The van der Waals surface area contributed by atoms with E-state index in [9.17, 15) is 0 Å². The molecule has 92 valence electrons. The highest BCUT2D eigenvalue weighted by molar-refractivity contribution is 7.08. The summed E-state index contributed by atoms with van der Waals surface area (Å²) in [5.74, 6) is 0. The predicted molar refractivity (Wildman–Crippen MR) is 74.1 cm³/mol. The van der Waals surface area contributed by atoms with Crippen molar-refractivity contribution in [1.82, 2.24) is 0 Å². The van der Waals surface area contributed by atoms with Gasteiger partial charge in [-0.1, -0.05) is 6.08 Å². The Morgan fingerprint density at radius 2 is 1.82 bits per heavy atom. The predicted octanol–water partition coefficient (Wildman–Crippen LogP) is 3.78. The van der Waals surface area contributed by atoms with Crippen molar-refractivity contribution in [2.45, 2.75) is 45.8 Å². The van der Waals surface area contributed by atoms with Gasteiger partial charge < -0.3 is 9.31 Å². The first-order valence-corrected chi connectivity index (χ1v) is 6.82. The van der Waals surface area contributed by atoms with Crippen LogP contribution in [0.5, 0.6) is 0 Å². The number of hydrogen-bond donors (Lipinski definition) is 0. The standard InChI is InChI=1S/C13H19BO2S/c1-10(8-11-6-7-17-9-11)14-15-12(2,3)13(4,5)16-14/h6-9H,1-5H3/b10-8+. The third-order valence-corrected chi connectivity index (χ3v) is 4.26. The molecule has 0 spiro atoms. The molecular formula is C13H19BO2S. The molecular weight excluding hydrogens is 231 g/mol. The molecule has 0 bridgehead atoms. The normalized spacial score (nSPS) is 23.1. The van der Waals surface area contributed by atoms with Gasteiger partial charge in [0.1, 0.15) is 0 Å². The topological polar surface area (TPSA) is 18.5 Å². The van der Waals surface area contributed by atoms with Crippen LogP contribution in [0.4, 0.5) is 0 Å². The highest BCUT2D eigenvalue weighted by Crippen LogP contribution is 2.38. The van der Waals surface area contributed by atoms with Crippen LogP contribution in [0.1, 0.15) is 40.2 Å². The molecule has 0 saturated carbocycles. The van der Waals surface area contributed by atoms with E-state index in [0.717, 1.165) is 5.47 Å². The van der Waals surface area contributed by atoms with E-state index in [1.54, 1.807) is 11.3 Å². The van der Waals surface area contributed by atoms with Crippen LogP contribution in [0.2, 0.25) is 0 Å². The van der Waals surface area contributed by atoms with Crippen molar-refractivity contribution >= 4 is 24.5 Å². The largest absolute Gasteiger partial charge is 0.490 e. The molecule has 4 heteroatoms. The highest BCUT2D eigenvalue weighted by Gasteiger charge is 2.51. The number of allylic oxidation sites excluding steroid dienone is 1. The van der Waals surface area contributed by atoms with Crippen LogP contribution in [0, 0.1) is 0 Å². The highest BCUT2D eigenvalue weighted by atomic mass is 32.1. The number of rotatable bonds is 2. The Morgan fingerprint density at radius 3 is 2.29 bits per heavy atom. The van der Waals surface area contributed by atoms with Crippen molar-refractivity contribution in [3.8, 4) is 0 Å². The summed E-state index contributed by atoms with van der Waals surface area (Å²) in [4.78, 5) is 0. The molecule has 1 aromatic heterocycles. The lowest BCUT2D eigenvalue weighted by molar-refractivity contribution is 0.00578. The van der Waals surface area contributed by atoms with Gasteiger partial charge in [0.15, 0.2) is 0 Å². The van der Waals surface area contributed by atoms with Crippen LogP contribution >= 0.6 is 11.3 Å². The molecule has 1 aliphatic rings. The molecule has 0 atom stereocenters. The van der Waals surface area contributed by atoms with E-state index in [4.69, 9.17) is 9.31 Å². The Balaban J connectivity index is 2.16. The Bertz CT molecular complexity index is 405. The van der Waals surface area contributed by atoms with E-state index in [0.29, 0.717) is 0 Å². The van der Waals surface area contributed by atoms with Gasteiger partial charge in [-0.05, 0) is 62.5 Å². The fourth-order valence-electron chi connectivity index (χ4n) is 1.72. The Morgan fingerprint density at radius 1 is 1.24 bits per heavy atom. The van der Waals surface area contributed by atoms with Gasteiger partial charge in [0, 0.05) is 0 Å². The Labute approximate surface area is 108 Å². The summed E-state index contributed by atoms with van der Waals surface area (Å²) in [5.41, 5.74) is 1.80. The SMILES string of the molecule is C/C(=C\c1ccsc1)B1OC(C)(C)C(C)(C)O1. The summed E-state index contributed by atoms with van der Waals surface area (Å²) < 4.78 is 12.0. The lowest BCUT2D eigenvalue weighted by Crippen LogP contribution is -2.41. The first-order chi connectivity index (χ1) is 7.82. The summed E-state index contributed by atoms with van der Waals surface area (Å²) in [6.45, 7) is 10.4. The minimum Gasteiger partial charge on any atom is -0.400 e. The van der Waals surface area contributed by atoms with Gasteiger partial charge in [-0.3, -0.25) is 0 Å². The molecule has 2 rings (SSSR count). The minimum atomic E-state index is -0.262. The van der Waals surface area contributed by atoms with Crippen LogP contribution in [0.3, 0.4) is 0 Å². The summed E-state index contributed by atoms with van der Waals surface area (Å²) in [5, 5.41) is 4.19. The van der Waals surface area contributed by atoms with Gasteiger partial charge in [0.05, 0.1) is 11.2 Å². The maximum atomic E-state index is 5.99. The van der Waals surface area contributed by atoms with Crippen molar-refractivity contribution in [2.75, 3.05) is 0 Å². The van der Waals surface area contributed by atoms with E-state index in [1.807, 2.05) is 0 Å². The van der Waals surface area contributed by atoms with Crippen LogP contribution < -0.4 is 0 Å². The minimum absolute atomic E-state index is 0.236. The summed E-state index contributed by atoms with van der Waals surface area (Å²) in [6, 6.07) is 2.10. The molecule has 1 fully saturated rings. The van der Waals surface area contributed by atoms with E-state index in [-0.39, 0.29) is 18.3 Å². The first kappa shape index (κ1) is 12.9. The maximum absolute atomic E-state index is 5.99. The van der Waals surface area contributed by atoms with Crippen molar-refractivity contribution < 1.29 is 9.31 Å². The molecule has 17 heavy (non-hydrogen) atoms. The van der Waals surface area contributed by atoms with E-state index >= 15 is 0 Å². The quantitative estimate of drug-likeness (QED) is 0.743. The maximum Gasteiger partial charge on any atom is 0.490 e. The van der Waals surface area contributed by atoms with Crippen LogP contribution in [0.15, 0.2) is 22.3 Å². The van der Waals surface area contributed by atoms with Crippen LogP contribution in [-0.4, -0.2) is 18.3 Å². The van der Waals surface area contributed by atoms with Crippen LogP contribution in [0.25, 0.3) is 6.08 Å². The second-order valence-corrected chi connectivity index (χ2v) is 6.31. The van der Waals surface area contributed by atoms with Crippen molar-refractivity contribution in [1.29, 1.82) is 0 Å². The Kier molecular flexibility index (Phi) is 3.23. The molecule has 2 heterocycles. The fraction of sp³-hybridized carbons (Fsp3) is 0.538. The van der Waals surface area contributed by atoms with Gasteiger partial charge in [-0.15, -0.1) is 0 Å². The van der Waals surface area contributed by atoms with Gasteiger partial charge in [-0.2, -0.15) is 11.3 Å². The van der Waals surface area contributed by atoms with Gasteiger partial charge >= 0.3 is 7.12 Å². The molecule has 1 aliphatic heterocycles. The smallest absolute Gasteiger partial charge is 0.400 e. The molecule has 1 saturated heterocycles.